The average molecular weight is 291 g/mol. The molecule has 0 radical (unpaired) electrons. The number of hydrogen-bond acceptors (Lipinski definition) is 6. The minimum absolute atomic E-state index is 0.0733. The van der Waals surface area contributed by atoms with E-state index in [2.05, 4.69) is 10.1 Å². The van der Waals surface area contributed by atoms with Crippen LogP contribution in [0.15, 0.2) is 28.8 Å². The first-order chi connectivity index (χ1) is 10.3. The minimum Gasteiger partial charge on any atom is -0.496 e. The van der Waals surface area contributed by atoms with Crippen LogP contribution in [-0.2, 0) is 19.5 Å². The van der Waals surface area contributed by atoms with Gasteiger partial charge in [-0.1, -0.05) is 30.3 Å². The van der Waals surface area contributed by atoms with E-state index in [0.29, 0.717) is 31.3 Å². The third-order valence-corrected chi connectivity index (χ3v) is 3.19. The van der Waals surface area contributed by atoms with Gasteiger partial charge < -0.3 is 14.4 Å². The molecule has 0 atom stereocenters. The average Bonchev–Trinajstić information content (AvgIpc) is 2.95. The number of aryl methyl sites for hydroxylation is 1. The highest BCUT2D eigenvalue weighted by Gasteiger charge is 2.13. The molecule has 0 fully saturated rings. The number of para-hydroxylation sites is 1. The fourth-order valence-corrected chi connectivity index (χ4v) is 2.12. The van der Waals surface area contributed by atoms with Crippen LogP contribution < -0.4 is 4.74 Å². The lowest BCUT2D eigenvalue weighted by molar-refractivity contribution is 0.166. The summed E-state index contributed by atoms with van der Waals surface area (Å²) in [7, 11) is 1.65. The summed E-state index contributed by atoms with van der Waals surface area (Å²) in [6.07, 6.45) is 0.746. The van der Waals surface area contributed by atoms with Gasteiger partial charge in [-0.25, -0.2) is 0 Å². The smallest absolute Gasteiger partial charge is 0.240 e. The zero-order chi connectivity index (χ0) is 15.1. The second-order valence-electron chi connectivity index (χ2n) is 4.70. The van der Waals surface area contributed by atoms with Gasteiger partial charge in [0.15, 0.2) is 5.82 Å². The van der Waals surface area contributed by atoms with Crippen molar-refractivity contribution in [2.24, 2.45) is 0 Å². The quantitative estimate of drug-likeness (QED) is 0.797. The third kappa shape index (κ3) is 4.27. The molecule has 0 saturated carbocycles. The van der Waals surface area contributed by atoms with E-state index in [-0.39, 0.29) is 6.61 Å². The largest absolute Gasteiger partial charge is 0.496 e. The van der Waals surface area contributed by atoms with Gasteiger partial charge in [0.05, 0.1) is 20.3 Å². The lowest BCUT2D eigenvalue weighted by Gasteiger charge is -2.20. The van der Waals surface area contributed by atoms with Gasteiger partial charge in [0.1, 0.15) is 5.75 Å². The molecule has 0 aliphatic heterocycles. The van der Waals surface area contributed by atoms with Crippen LogP contribution in [0.4, 0.5) is 0 Å². The Morgan fingerprint density at radius 1 is 1.29 bits per heavy atom. The van der Waals surface area contributed by atoms with Crippen molar-refractivity contribution in [2.75, 3.05) is 20.3 Å². The number of hydrogen-bond donors (Lipinski definition) is 1. The normalized spacial score (nSPS) is 11.0. The van der Waals surface area contributed by atoms with E-state index >= 15 is 0 Å². The van der Waals surface area contributed by atoms with Gasteiger partial charge in [-0.15, -0.1) is 0 Å². The molecule has 21 heavy (non-hydrogen) atoms. The summed E-state index contributed by atoms with van der Waals surface area (Å²) in [5.41, 5.74) is 1.06. The van der Waals surface area contributed by atoms with Gasteiger partial charge in [0.25, 0.3) is 0 Å². The Labute approximate surface area is 124 Å². The highest BCUT2D eigenvalue weighted by molar-refractivity contribution is 5.33. The summed E-state index contributed by atoms with van der Waals surface area (Å²) in [4.78, 5) is 6.35. The lowest BCUT2D eigenvalue weighted by Crippen LogP contribution is -2.26. The maximum Gasteiger partial charge on any atom is 0.240 e. The number of nitrogens with zero attached hydrogens (tertiary/aromatic N) is 3. The summed E-state index contributed by atoms with van der Waals surface area (Å²) in [5.74, 6) is 2.10. The van der Waals surface area contributed by atoms with Crippen LogP contribution in [0.2, 0.25) is 0 Å². The van der Waals surface area contributed by atoms with Crippen LogP contribution in [0.3, 0.4) is 0 Å². The fraction of sp³-hybridized carbons (Fsp3) is 0.467. The predicted octanol–water partition coefficient (Wildman–Crippen LogP) is 1.64. The van der Waals surface area contributed by atoms with E-state index in [9.17, 15) is 5.11 Å². The summed E-state index contributed by atoms with van der Waals surface area (Å²) < 4.78 is 10.6. The van der Waals surface area contributed by atoms with Crippen molar-refractivity contribution in [3.8, 4) is 5.75 Å². The SMILES string of the molecule is CCc1noc(CN(CCO)Cc2ccccc2OC)n1. The van der Waals surface area contributed by atoms with Crippen molar-refractivity contribution in [1.82, 2.24) is 15.0 Å². The van der Waals surface area contributed by atoms with Crippen LogP contribution in [0, 0.1) is 0 Å². The molecular weight excluding hydrogens is 270 g/mol. The van der Waals surface area contributed by atoms with Crippen molar-refractivity contribution in [3.05, 3.63) is 41.5 Å². The number of aliphatic hydroxyl groups excluding tert-OH is 1. The molecule has 2 rings (SSSR count). The molecule has 6 heteroatoms. The molecule has 6 nitrogen and oxygen atoms in total. The van der Waals surface area contributed by atoms with Crippen molar-refractivity contribution in [3.63, 3.8) is 0 Å². The molecule has 2 aromatic rings. The van der Waals surface area contributed by atoms with Gasteiger partial charge in [0, 0.05) is 25.1 Å². The van der Waals surface area contributed by atoms with Gasteiger partial charge in [0.2, 0.25) is 5.89 Å². The molecular formula is C15H21N3O3. The molecule has 1 heterocycles. The second-order valence-corrected chi connectivity index (χ2v) is 4.70. The van der Waals surface area contributed by atoms with E-state index in [1.54, 1.807) is 7.11 Å². The van der Waals surface area contributed by atoms with Crippen LogP contribution in [-0.4, -0.2) is 40.4 Å². The Balaban J connectivity index is 2.07. The van der Waals surface area contributed by atoms with Crippen LogP contribution in [0.1, 0.15) is 24.2 Å². The Hall–Kier alpha value is -1.92. The summed E-state index contributed by atoms with van der Waals surface area (Å²) in [5, 5.41) is 13.1. The molecule has 0 aliphatic rings. The Kier molecular flexibility index (Phi) is 5.71. The summed E-state index contributed by atoms with van der Waals surface area (Å²) in [6.45, 7) is 3.74. The first-order valence-corrected chi connectivity index (χ1v) is 7.03. The highest BCUT2D eigenvalue weighted by atomic mass is 16.5. The van der Waals surface area contributed by atoms with Gasteiger partial charge in [-0.2, -0.15) is 4.98 Å². The summed E-state index contributed by atoms with van der Waals surface area (Å²) >= 11 is 0. The number of rotatable bonds is 8. The number of ether oxygens (including phenoxy) is 1. The van der Waals surface area contributed by atoms with Crippen LogP contribution in [0.5, 0.6) is 5.75 Å². The van der Waals surface area contributed by atoms with E-state index < -0.39 is 0 Å². The molecule has 0 unspecified atom stereocenters. The molecule has 1 aromatic carbocycles. The molecule has 0 aliphatic carbocycles. The topological polar surface area (TPSA) is 71.6 Å². The number of benzene rings is 1. The molecule has 0 spiro atoms. The highest BCUT2D eigenvalue weighted by Crippen LogP contribution is 2.20. The fourth-order valence-electron chi connectivity index (χ4n) is 2.12. The van der Waals surface area contributed by atoms with Crippen LogP contribution in [0.25, 0.3) is 0 Å². The molecule has 1 aromatic heterocycles. The number of methoxy groups -OCH3 is 1. The molecule has 0 saturated heterocycles. The van der Waals surface area contributed by atoms with Crippen molar-refractivity contribution in [2.45, 2.75) is 26.4 Å². The maximum atomic E-state index is 9.23. The first kappa shape index (κ1) is 15.5. The van der Waals surface area contributed by atoms with Crippen LogP contribution >= 0.6 is 0 Å². The predicted molar refractivity (Wildman–Crippen MR) is 77.9 cm³/mol. The first-order valence-electron chi connectivity index (χ1n) is 7.03. The Morgan fingerprint density at radius 2 is 2.10 bits per heavy atom. The second kappa shape index (κ2) is 7.75. The standard InChI is InChI=1S/C15H21N3O3/c1-3-14-16-15(21-17-14)11-18(8-9-19)10-12-6-4-5-7-13(12)20-2/h4-7,19H,3,8-11H2,1-2H3. The van der Waals surface area contributed by atoms with E-state index in [0.717, 1.165) is 17.7 Å². The molecule has 1 N–H and O–H groups in total. The molecule has 0 bridgehead atoms. The monoisotopic (exact) mass is 291 g/mol. The Morgan fingerprint density at radius 3 is 2.76 bits per heavy atom. The zero-order valence-corrected chi connectivity index (χ0v) is 12.5. The van der Waals surface area contributed by atoms with Crippen molar-refractivity contribution < 1.29 is 14.4 Å². The van der Waals surface area contributed by atoms with Gasteiger partial charge >= 0.3 is 0 Å². The minimum atomic E-state index is 0.0733. The van der Waals surface area contributed by atoms with Gasteiger partial charge in [-0.05, 0) is 6.07 Å². The molecule has 114 valence electrons. The van der Waals surface area contributed by atoms with Gasteiger partial charge in [-0.3, -0.25) is 4.90 Å². The Bertz CT molecular complexity index is 557. The number of aliphatic hydroxyl groups is 1. The summed E-state index contributed by atoms with van der Waals surface area (Å²) in [6, 6.07) is 7.84. The van der Waals surface area contributed by atoms with Crippen molar-refractivity contribution in [1.29, 1.82) is 0 Å². The maximum absolute atomic E-state index is 9.23. The molecule has 0 amide bonds. The zero-order valence-electron chi connectivity index (χ0n) is 12.5. The van der Waals surface area contributed by atoms with Crippen molar-refractivity contribution >= 4 is 0 Å². The van der Waals surface area contributed by atoms with E-state index in [1.807, 2.05) is 36.1 Å². The van der Waals surface area contributed by atoms with E-state index in [4.69, 9.17) is 9.26 Å². The van der Waals surface area contributed by atoms with E-state index in [1.165, 1.54) is 0 Å². The number of aromatic nitrogens is 2. The third-order valence-electron chi connectivity index (χ3n) is 3.19. The lowest BCUT2D eigenvalue weighted by atomic mass is 10.2.